The van der Waals surface area contributed by atoms with Crippen LogP contribution in [0.2, 0.25) is 0 Å². The predicted molar refractivity (Wildman–Crippen MR) is 113 cm³/mol. The zero-order valence-corrected chi connectivity index (χ0v) is 16.8. The van der Waals surface area contributed by atoms with Crippen molar-refractivity contribution in [3.63, 3.8) is 0 Å². The third kappa shape index (κ3) is 5.65. The van der Waals surface area contributed by atoms with E-state index in [1.165, 1.54) is 11.5 Å². The van der Waals surface area contributed by atoms with E-state index in [1.807, 2.05) is 61.3 Å². The number of amides is 2. The molecule has 6 heteroatoms. The summed E-state index contributed by atoms with van der Waals surface area (Å²) in [6.07, 6.45) is 0. The summed E-state index contributed by atoms with van der Waals surface area (Å²) in [6, 6.07) is 15.7. The van der Waals surface area contributed by atoms with Gasteiger partial charge in [0.15, 0.2) is 0 Å². The van der Waals surface area contributed by atoms with Crippen molar-refractivity contribution in [2.75, 3.05) is 44.1 Å². The molecule has 1 aliphatic heterocycles. The number of nitrogens with zero attached hydrogens (tertiary/aromatic N) is 2. The molecule has 144 valence electrons. The molecule has 0 saturated carbocycles. The fourth-order valence-corrected chi connectivity index (χ4v) is 4.05. The molecule has 0 aromatic heterocycles. The molecule has 0 bridgehead atoms. The highest BCUT2D eigenvalue weighted by Gasteiger charge is 2.15. The number of hydrogen-bond donors (Lipinski definition) is 1. The van der Waals surface area contributed by atoms with Crippen LogP contribution in [0.4, 0.5) is 10.5 Å². The van der Waals surface area contributed by atoms with Gasteiger partial charge in [0, 0.05) is 50.4 Å². The Balaban J connectivity index is 1.60. The predicted octanol–water partition coefficient (Wildman–Crippen LogP) is 3.91. The first-order valence-electron chi connectivity index (χ1n) is 9.19. The van der Waals surface area contributed by atoms with Crippen molar-refractivity contribution in [3.8, 4) is 5.75 Å². The lowest BCUT2D eigenvalue weighted by atomic mass is 10.1. The van der Waals surface area contributed by atoms with Gasteiger partial charge in [0.1, 0.15) is 5.75 Å². The van der Waals surface area contributed by atoms with Crippen LogP contribution in [0, 0.1) is 0 Å². The third-order valence-electron chi connectivity index (χ3n) is 4.68. The molecular formula is C21H27N3O2S. The lowest BCUT2D eigenvalue weighted by Gasteiger charge is -2.27. The van der Waals surface area contributed by atoms with Gasteiger partial charge in [-0.3, -0.25) is 4.90 Å². The van der Waals surface area contributed by atoms with Gasteiger partial charge in [0.05, 0.1) is 7.11 Å². The minimum absolute atomic E-state index is 0.104. The third-order valence-corrected chi connectivity index (χ3v) is 5.62. The molecular weight excluding hydrogens is 358 g/mol. The summed E-state index contributed by atoms with van der Waals surface area (Å²) in [5.41, 5.74) is 3.12. The van der Waals surface area contributed by atoms with Crippen molar-refractivity contribution in [1.82, 2.24) is 9.80 Å². The summed E-state index contributed by atoms with van der Waals surface area (Å²) in [4.78, 5) is 16.8. The van der Waals surface area contributed by atoms with Crippen LogP contribution in [0.3, 0.4) is 0 Å². The first kappa shape index (κ1) is 19.6. The molecule has 0 unspecified atom stereocenters. The Hall–Kier alpha value is -2.18. The maximum Gasteiger partial charge on any atom is 0.321 e. The van der Waals surface area contributed by atoms with Crippen LogP contribution >= 0.6 is 11.8 Å². The van der Waals surface area contributed by atoms with Crippen molar-refractivity contribution in [2.45, 2.75) is 13.1 Å². The topological polar surface area (TPSA) is 44.8 Å². The molecule has 2 aromatic rings. The highest BCUT2D eigenvalue weighted by molar-refractivity contribution is 7.99. The van der Waals surface area contributed by atoms with Gasteiger partial charge in [-0.1, -0.05) is 30.3 Å². The molecule has 1 fully saturated rings. The minimum atomic E-state index is -0.104. The fraction of sp³-hybridized carbons (Fsp3) is 0.381. The number of anilines is 1. The SMILES string of the molecule is COc1ccc(CN(C)C(=O)Nc2ccccc2CN2CCSCC2)cc1. The number of carbonyl (C=O) groups excluding carboxylic acids is 1. The van der Waals surface area contributed by atoms with Crippen LogP contribution in [0.25, 0.3) is 0 Å². The van der Waals surface area contributed by atoms with Crippen LogP contribution in [-0.4, -0.2) is 54.6 Å². The average molecular weight is 386 g/mol. The maximum absolute atomic E-state index is 12.7. The van der Waals surface area contributed by atoms with Crippen LogP contribution in [0.5, 0.6) is 5.75 Å². The lowest BCUT2D eigenvalue weighted by Crippen LogP contribution is -2.33. The number of methoxy groups -OCH3 is 1. The summed E-state index contributed by atoms with van der Waals surface area (Å²) in [5.74, 6) is 3.18. The van der Waals surface area contributed by atoms with Gasteiger partial charge >= 0.3 is 6.03 Å². The second-order valence-corrected chi connectivity index (χ2v) is 7.90. The highest BCUT2D eigenvalue weighted by Crippen LogP contribution is 2.20. The van der Waals surface area contributed by atoms with E-state index >= 15 is 0 Å². The van der Waals surface area contributed by atoms with Crippen molar-refractivity contribution < 1.29 is 9.53 Å². The zero-order chi connectivity index (χ0) is 19.1. The summed E-state index contributed by atoms with van der Waals surface area (Å²) in [5, 5.41) is 3.07. The summed E-state index contributed by atoms with van der Waals surface area (Å²) >= 11 is 2.01. The van der Waals surface area contributed by atoms with Crippen LogP contribution in [-0.2, 0) is 13.1 Å². The van der Waals surface area contributed by atoms with E-state index in [9.17, 15) is 4.79 Å². The minimum Gasteiger partial charge on any atom is -0.497 e. The summed E-state index contributed by atoms with van der Waals surface area (Å²) in [7, 11) is 3.46. The van der Waals surface area contributed by atoms with Gasteiger partial charge in [0.25, 0.3) is 0 Å². The van der Waals surface area contributed by atoms with Gasteiger partial charge in [0.2, 0.25) is 0 Å². The number of hydrogen-bond acceptors (Lipinski definition) is 4. The Morgan fingerprint density at radius 3 is 2.56 bits per heavy atom. The van der Waals surface area contributed by atoms with E-state index in [0.29, 0.717) is 6.54 Å². The largest absolute Gasteiger partial charge is 0.497 e. The van der Waals surface area contributed by atoms with Crippen molar-refractivity contribution >= 4 is 23.5 Å². The number of nitrogens with one attached hydrogen (secondary N) is 1. The molecule has 1 saturated heterocycles. The Morgan fingerprint density at radius 1 is 1.15 bits per heavy atom. The monoisotopic (exact) mass is 385 g/mol. The van der Waals surface area contributed by atoms with E-state index < -0.39 is 0 Å². The molecule has 1 aliphatic rings. The molecule has 2 aromatic carbocycles. The molecule has 3 rings (SSSR count). The standard InChI is InChI=1S/C21H27N3O2S/c1-23(15-17-7-9-19(26-2)10-8-17)21(25)22-20-6-4-3-5-18(20)16-24-11-13-27-14-12-24/h3-10H,11-16H2,1-2H3,(H,22,25). The maximum atomic E-state index is 12.7. The van der Waals surface area contributed by atoms with E-state index in [4.69, 9.17) is 4.74 Å². The quantitative estimate of drug-likeness (QED) is 0.819. The van der Waals surface area contributed by atoms with Crippen molar-refractivity contribution in [3.05, 3.63) is 59.7 Å². The Morgan fingerprint density at radius 2 is 1.85 bits per heavy atom. The summed E-state index contributed by atoms with van der Waals surface area (Å²) in [6.45, 7) is 3.62. The molecule has 0 aliphatic carbocycles. The van der Waals surface area contributed by atoms with Gasteiger partial charge in [-0.05, 0) is 29.3 Å². The van der Waals surface area contributed by atoms with E-state index in [-0.39, 0.29) is 6.03 Å². The van der Waals surface area contributed by atoms with Gasteiger partial charge in [-0.15, -0.1) is 0 Å². The number of ether oxygens (including phenoxy) is 1. The number of urea groups is 1. The molecule has 0 radical (unpaired) electrons. The van der Waals surface area contributed by atoms with E-state index in [2.05, 4.69) is 16.3 Å². The summed E-state index contributed by atoms with van der Waals surface area (Å²) < 4.78 is 5.18. The zero-order valence-electron chi connectivity index (χ0n) is 16.0. The van der Waals surface area contributed by atoms with Crippen molar-refractivity contribution in [1.29, 1.82) is 0 Å². The number of benzene rings is 2. The first-order valence-corrected chi connectivity index (χ1v) is 10.3. The second-order valence-electron chi connectivity index (χ2n) is 6.68. The van der Waals surface area contributed by atoms with Gasteiger partial charge in [-0.2, -0.15) is 11.8 Å². The number of para-hydroxylation sites is 1. The molecule has 2 amide bonds. The van der Waals surface area contributed by atoms with Gasteiger partial charge in [-0.25, -0.2) is 4.79 Å². The Bertz CT molecular complexity index is 745. The smallest absolute Gasteiger partial charge is 0.321 e. The Kier molecular flexibility index (Phi) is 7.01. The number of rotatable bonds is 6. The van der Waals surface area contributed by atoms with E-state index in [0.717, 1.165) is 42.2 Å². The van der Waals surface area contributed by atoms with Crippen LogP contribution < -0.4 is 10.1 Å². The van der Waals surface area contributed by atoms with Crippen LogP contribution in [0.1, 0.15) is 11.1 Å². The van der Waals surface area contributed by atoms with E-state index in [1.54, 1.807) is 12.0 Å². The molecule has 5 nitrogen and oxygen atoms in total. The molecule has 0 atom stereocenters. The molecule has 1 heterocycles. The van der Waals surface area contributed by atoms with Crippen LogP contribution in [0.15, 0.2) is 48.5 Å². The molecule has 0 spiro atoms. The molecule has 1 N–H and O–H groups in total. The molecule has 27 heavy (non-hydrogen) atoms. The average Bonchev–Trinajstić information content (AvgIpc) is 2.71. The number of thioether (sulfide) groups is 1. The van der Waals surface area contributed by atoms with Gasteiger partial charge < -0.3 is 15.0 Å². The first-order chi connectivity index (χ1) is 13.2. The highest BCUT2D eigenvalue weighted by atomic mass is 32.2. The normalized spacial score (nSPS) is 14.6. The number of carbonyl (C=O) groups is 1. The fourth-order valence-electron chi connectivity index (χ4n) is 3.07. The second kappa shape index (κ2) is 9.67. The Labute approximate surface area is 165 Å². The van der Waals surface area contributed by atoms with Crippen molar-refractivity contribution in [2.24, 2.45) is 0 Å². The lowest BCUT2D eigenvalue weighted by molar-refractivity contribution is 0.220.